The van der Waals surface area contributed by atoms with Crippen LogP contribution < -0.4 is 4.90 Å². The Morgan fingerprint density at radius 1 is 1.32 bits per heavy atom. The predicted molar refractivity (Wildman–Crippen MR) is 132 cm³/mol. The zero-order valence-corrected chi connectivity index (χ0v) is 22.0. The van der Waals surface area contributed by atoms with Gasteiger partial charge in [-0.3, -0.25) is 14.9 Å². The highest BCUT2D eigenvalue weighted by Gasteiger charge is 2.43. The quantitative estimate of drug-likeness (QED) is 0.169. The predicted octanol–water partition coefficient (Wildman–Crippen LogP) is 2.98. The Balaban J connectivity index is 2.72. The van der Waals surface area contributed by atoms with Crippen molar-refractivity contribution >= 4 is 45.8 Å². The van der Waals surface area contributed by atoms with Crippen LogP contribution in [-0.4, -0.2) is 81.5 Å². The second kappa shape index (κ2) is 11.3. The molecule has 0 bridgehead atoms. The molecule has 0 spiro atoms. The van der Waals surface area contributed by atoms with Crippen molar-refractivity contribution in [2.24, 2.45) is 15.9 Å². The van der Waals surface area contributed by atoms with E-state index in [0.717, 1.165) is 37.3 Å². The molecule has 1 heterocycles. The van der Waals surface area contributed by atoms with E-state index in [4.69, 9.17) is 0 Å². The second-order valence-corrected chi connectivity index (χ2v) is 10.5. The summed E-state index contributed by atoms with van der Waals surface area (Å²) < 4.78 is 69.3. The molecular formula is C22H26F3N5O7S. The first-order valence-corrected chi connectivity index (χ1v) is 12.9. The molecule has 1 atom stereocenters. The Labute approximate surface area is 216 Å². The van der Waals surface area contributed by atoms with Crippen LogP contribution in [0.1, 0.15) is 31.1 Å². The molecule has 1 aromatic rings. The second-order valence-electron chi connectivity index (χ2n) is 8.47. The summed E-state index contributed by atoms with van der Waals surface area (Å²) in [6.45, 7) is 7.10. The minimum absolute atomic E-state index is 0.175. The number of guanidine groups is 1. The summed E-state index contributed by atoms with van der Waals surface area (Å²) in [7, 11) is -3.16. The van der Waals surface area contributed by atoms with Crippen LogP contribution in [0.5, 0.6) is 0 Å². The van der Waals surface area contributed by atoms with Gasteiger partial charge in [-0.25, -0.2) is 23.2 Å². The van der Waals surface area contributed by atoms with E-state index < -0.39 is 78.3 Å². The summed E-state index contributed by atoms with van der Waals surface area (Å²) in [5, 5.41) is 11.9. The molecule has 0 aromatic heterocycles. The van der Waals surface area contributed by atoms with Crippen LogP contribution in [0.3, 0.4) is 0 Å². The lowest BCUT2D eigenvalue weighted by atomic mass is 9.98. The Morgan fingerprint density at radius 2 is 1.92 bits per heavy atom. The number of halogens is 3. The van der Waals surface area contributed by atoms with Gasteiger partial charge in [0.05, 0.1) is 22.5 Å². The van der Waals surface area contributed by atoms with E-state index in [1.165, 1.54) is 4.90 Å². The number of esters is 1. The molecule has 0 aliphatic carbocycles. The largest absolute Gasteiger partial charge is 0.465 e. The molecule has 1 saturated heterocycles. The van der Waals surface area contributed by atoms with Crippen LogP contribution in [0, 0.1) is 16.0 Å². The van der Waals surface area contributed by atoms with Gasteiger partial charge in [-0.2, -0.15) is 13.2 Å². The van der Waals surface area contributed by atoms with Crippen LogP contribution >= 0.6 is 0 Å². The van der Waals surface area contributed by atoms with Crippen LogP contribution in [0.15, 0.2) is 38.8 Å². The third kappa shape index (κ3) is 6.17. The van der Waals surface area contributed by atoms with Crippen molar-refractivity contribution in [1.82, 2.24) is 4.90 Å². The van der Waals surface area contributed by atoms with Crippen molar-refractivity contribution in [3.05, 3.63) is 39.6 Å². The molecule has 1 amide bonds. The minimum Gasteiger partial charge on any atom is -0.465 e. The van der Waals surface area contributed by atoms with E-state index in [1.54, 1.807) is 13.8 Å². The number of hydrogen-bond acceptors (Lipinski definition) is 8. The summed E-state index contributed by atoms with van der Waals surface area (Å²) in [5.74, 6) is -2.96. The summed E-state index contributed by atoms with van der Waals surface area (Å²) in [4.78, 5) is 45.5. The lowest BCUT2D eigenvalue weighted by Crippen LogP contribution is -2.60. The van der Waals surface area contributed by atoms with Gasteiger partial charge in [0, 0.05) is 25.4 Å². The minimum atomic E-state index is -4.80. The fraction of sp³-hybridized carbons (Fsp3) is 0.455. The Hall–Kier alpha value is -3.82. The first-order valence-electron chi connectivity index (χ1n) is 11.0. The maximum atomic E-state index is 13.6. The van der Waals surface area contributed by atoms with E-state index in [-0.39, 0.29) is 13.1 Å². The number of benzene rings is 1. The summed E-state index contributed by atoms with van der Waals surface area (Å²) in [6.07, 6.45) is -3.29. The number of nitro benzene ring substituents is 1. The molecule has 12 nitrogen and oxygen atoms in total. The normalized spacial score (nSPS) is 17.6. The molecule has 0 radical (unpaired) electrons. The SMILES string of the molecule is C=N/C(=N\C(=C/C)C(F)(F)F)N1CCN(c2cc(S(C)(=O)=O)c(C(=O)OC)cc2[N+](=O)[O-])C(=O)[C@H]1C(C)C. The maximum absolute atomic E-state index is 13.6. The molecule has 0 unspecified atom stereocenters. The summed E-state index contributed by atoms with van der Waals surface area (Å²) >= 11 is 0. The first-order chi connectivity index (χ1) is 17.5. The Morgan fingerprint density at radius 3 is 2.34 bits per heavy atom. The fourth-order valence-electron chi connectivity index (χ4n) is 3.94. The highest BCUT2D eigenvalue weighted by atomic mass is 32.2. The topological polar surface area (TPSA) is 152 Å². The lowest BCUT2D eigenvalue weighted by Gasteiger charge is -2.42. The zero-order chi connectivity index (χ0) is 29.2. The Kier molecular flexibility index (Phi) is 9.03. The molecule has 16 heteroatoms. The van der Waals surface area contributed by atoms with E-state index >= 15 is 0 Å². The van der Waals surface area contributed by atoms with Crippen LogP contribution in [-0.2, 0) is 19.4 Å². The van der Waals surface area contributed by atoms with Gasteiger partial charge in [-0.1, -0.05) is 19.9 Å². The number of nitro groups is 1. The maximum Gasteiger partial charge on any atom is 0.433 e. The number of methoxy groups -OCH3 is 1. The number of carbonyl (C=O) groups excluding carboxylic acids is 2. The third-order valence-corrected chi connectivity index (χ3v) is 6.74. The zero-order valence-electron chi connectivity index (χ0n) is 21.1. The average molecular weight is 562 g/mol. The van der Waals surface area contributed by atoms with Crippen molar-refractivity contribution in [1.29, 1.82) is 0 Å². The van der Waals surface area contributed by atoms with Gasteiger partial charge in [0.15, 0.2) is 9.84 Å². The number of allylic oxidation sites excluding steroid dienone is 2. The number of ether oxygens (including phenoxy) is 1. The monoisotopic (exact) mass is 561 g/mol. The third-order valence-electron chi connectivity index (χ3n) is 5.60. The number of rotatable bonds is 6. The number of piperazine rings is 1. The van der Waals surface area contributed by atoms with E-state index in [2.05, 4.69) is 21.4 Å². The molecule has 1 aromatic carbocycles. The molecule has 38 heavy (non-hydrogen) atoms. The number of nitrogens with zero attached hydrogens (tertiary/aromatic N) is 5. The first kappa shape index (κ1) is 30.4. The van der Waals surface area contributed by atoms with Crippen molar-refractivity contribution in [3.8, 4) is 0 Å². The summed E-state index contributed by atoms with van der Waals surface area (Å²) in [6, 6.07) is 0.356. The number of anilines is 1. The summed E-state index contributed by atoms with van der Waals surface area (Å²) in [5.41, 5.74) is -3.00. The van der Waals surface area contributed by atoms with Crippen LogP contribution in [0.4, 0.5) is 24.5 Å². The highest BCUT2D eigenvalue weighted by Crippen LogP contribution is 2.37. The number of sulfone groups is 1. The number of alkyl halides is 3. The number of aliphatic imine (C=N–C) groups is 2. The molecule has 0 N–H and O–H groups in total. The molecule has 1 aliphatic heterocycles. The van der Waals surface area contributed by atoms with E-state index in [9.17, 15) is 41.3 Å². The lowest BCUT2D eigenvalue weighted by molar-refractivity contribution is -0.384. The van der Waals surface area contributed by atoms with Gasteiger partial charge in [-0.15, -0.1) is 0 Å². The van der Waals surface area contributed by atoms with Gasteiger partial charge in [0.2, 0.25) is 11.9 Å². The van der Waals surface area contributed by atoms with Crippen molar-refractivity contribution in [2.75, 3.05) is 31.4 Å². The molecule has 208 valence electrons. The molecule has 0 saturated carbocycles. The standard InChI is InChI=1S/C22H26F3N5O7S/c1-7-17(22(23,24)25)27-21(26-4)29-9-8-28(19(31)18(29)12(2)3)14-11-16(38(6,35)36)13(20(32)37-5)10-15(14)30(33)34/h7,10-12,18H,4,8-9H2,1-3,5-6H3/b17-7-,27-21+/t18-/m1/s1. The van der Waals surface area contributed by atoms with Gasteiger partial charge >= 0.3 is 12.1 Å². The number of hydrogen-bond donors (Lipinski definition) is 0. The van der Waals surface area contributed by atoms with Crippen molar-refractivity contribution in [3.63, 3.8) is 0 Å². The highest BCUT2D eigenvalue weighted by molar-refractivity contribution is 7.90. The Bertz CT molecular complexity index is 1320. The van der Waals surface area contributed by atoms with Crippen LogP contribution in [0.25, 0.3) is 0 Å². The molecule has 1 fully saturated rings. The van der Waals surface area contributed by atoms with E-state index in [0.29, 0.717) is 6.07 Å². The van der Waals surface area contributed by atoms with Gasteiger partial charge < -0.3 is 14.5 Å². The van der Waals surface area contributed by atoms with Crippen molar-refractivity contribution < 1.29 is 40.8 Å². The van der Waals surface area contributed by atoms with Gasteiger partial charge in [-0.05, 0) is 25.6 Å². The smallest absolute Gasteiger partial charge is 0.433 e. The van der Waals surface area contributed by atoms with Crippen LogP contribution in [0.2, 0.25) is 0 Å². The molecule has 2 rings (SSSR count). The number of amides is 1. The molecule has 1 aliphatic rings. The fourth-order valence-corrected chi connectivity index (χ4v) is 4.81. The number of carbonyl (C=O) groups is 2. The van der Waals surface area contributed by atoms with Gasteiger partial charge in [0.25, 0.3) is 5.69 Å². The average Bonchev–Trinajstić information content (AvgIpc) is 2.81. The van der Waals surface area contributed by atoms with E-state index in [1.807, 2.05) is 0 Å². The molecular weight excluding hydrogens is 535 g/mol. The van der Waals surface area contributed by atoms with Gasteiger partial charge in [0.1, 0.15) is 17.4 Å². The van der Waals surface area contributed by atoms with Crippen molar-refractivity contribution in [2.45, 2.75) is 37.9 Å².